The van der Waals surface area contributed by atoms with Gasteiger partial charge in [-0.1, -0.05) is 65.3 Å². The van der Waals surface area contributed by atoms with Crippen LogP contribution >= 0.6 is 0 Å². The maximum Gasteiger partial charge on any atom is 0.200 e. The number of allylic oxidation sites excluding steroid dienone is 6. The van der Waals surface area contributed by atoms with Crippen molar-refractivity contribution in [1.82, 2.24) is 0 Å². The third-order valence-corrected chi connectivity index (χ3v) is 5.34. The highest BCUT2D eigenvalue weighted by atomic mass is 16.3. The van der Waals surface area contributed by atoms with Gasteiger partial charge in [0.25, 0.3) is 0 Å². The number of phenolic OH excluding ortho intramolecular Hbond substituents is 3. The van der Waals surface area contributed by atoms with Gasteiger partial charge >= 0.3 is 0 Å². The molecule has 0 spiro atoms. The smallest absolute Gasteiger partial charge is 0.200 e. The Balaban J connectivity index is 2.55. The van der Waals surface area contributed by atoms with E-state index >= 15 is 0 Å². The summed E-state index contributed by atoms with van der Waals surface area (Å²) in [6, 6.07) is 8.52. The first-order chi connectivity index (χ1) is 15.1. The molecule has 0 unspecified atom stereocenters. The predicted molar refractivity (Wildman–Crippen MR) is 131 cm³/mol. The second-order valence-corrected chi connectivity index (χ2v) is 8.63. The molecule has 0 saturated heterocycles. The van der Waals surface area contributed by atoms with E-state index in [-0.39, 0.29) is 46.8 Å². The monoisotopic (exact) mass is 434 g/mol. The molecule has 32 heavy (non-hydrogen) atoms. The Morgan fingerprint density at radius 3 is 1.81 bits per heavy atom. The van der Waals surface area contributed by atoms with Gasteiger partial charge in [-0.05, 0) is 60.3 Å². The molecule has 4 heteroatoms. The van der Waals surface area contributed by atoms with Crippen molar-refractivity contribution in [3.8, 4) is 17.2 Å². The van der Waals surface area contributed by atoms with E-state index < -0.39 is 5.78 Å². The van der Waals surface area contributed by atoms with Crippen LogP contribution in [-0.2, 0) is 12.8 Å². The van der Waals surface area contributed by atoms with Crippen molar-refractivity contribution in [1.29, 1.82) is 0 Å². The number of hydrogen-bond acceptors (Lipinski definition) is 4. The average Bonchev–Trinajstić information content (AvgIpc) is 2.73. The summed E-state index contributed by atoms with van der Waals surface area (Å²) in [7, 11) is 0. The van der Waals surface area contributed by atoms with Gasteiger partial charge in [-0.3, -0.25) is 4.79 Å². The van der Waals surface area contributed by atoms with Crippen LogP contribution in [0.4, 0.5) is 0 Å². The summed E-state index contributed by atoms with van der Waals surface area (Å²) in [6.45, 7) is 9.97. The van der Waals surface area contributed by atoms with Crippen LogP contribution < -0.4 is 0 Å². The van der Waals surface area contributed by atoms with Gasteiger partial charge in [-0.25, -0.2) is 0 Å². The lowest BCUT2D eigenvalue weighted by atomic mass is 9.91. The maximum atomic E-state index is 13.1. The van der Waals surface area contributed by atoms with E-state index in [1.807, 2.05) is 32.9 Å². The number of phenols is 3. The zero-order valence-corrected chi connectivity index (χ0v) is 19.7. The first-order valence-corrected chi connectivity index (χ1v) is 10.9. The van der Waals surface area contributed by atoms with Crippen LogP contribution in [0.1, 0.15) is 74.5 Å². The molecule has 0 aliphatic carbocycles. The van der Waals surface area contributed by atoms with Gasteiger partial charge < -0.3 is 15.3 Å². The molecule has 2 aromatic rings. The Hall–Kier alpha value is -3.27. The quantitative estimate of drug-likeness (QED) is 0.300. The van der Waals surface area contributed by atoms with Crippen LogP contribution in [0.3, 0.4) is 0 Å². The summed E-state index contributed by atoms with van der Waals surface area (Å²) in [5.74, 6) is -1.40. The Kier molecular flexibility index (Phi) is 8.89. The fraction of sp³-hybridized carbons (Fsp3) is 0.321. The molecule has 2 rings (SSSR count). The molecule has 0 aliphatic heterocycles. The third kappa shape index (κ3) is 6.36. The van der Waals surface area contributed by atoms with Crippen LogP contribution in [0.5, 0.6) is 17.2 Å². The molecule has 170 valence electrons. The van der Waals surface area contributed by atoms with Crippen molar-refractivity contribution in [3.05, 3.63) is 87.5 Å². The summed E-state index contributed by atoms with van der Waals surface area (Å²) in [5, 5.41) is 32.7. The van der Waals surface area contributed by atoms with E-state index in [1.165, 1.54) is 5.57 Å². The van der Waals surface area contributed by atoms with Crippen molar-refractivity contribution in [3.63, 3.8) is 0 Å². The normalized spacial score (nSPS) is 11.2. The van der Waals surface area contributed by atoms with Crippen molar-refractivity contribution in [2.75, 3.05) is 0 Å². The molecule has 0 aliphatic rings. The molecule has 0 amide bonds. The van der Waals surface area contributed by atoms with E-state index in [1.54, 1.807) is 30.3 Å². The molecule has 0 saturated carbocycles. The lowest BCUT2D eigenvalue weighted by molar-refractivity contribution is 0.103. The number of carbonyl (C=O) groups is 1. The zero-order chi connectivity index (χ0) is 23.8. The van der Waals surface area contributed by atoms with E-state index in [4.69, 9.17) is 0 Å². The van der Waals surface area contributed by atoms with Gasteiger partial charge in [0.2, 0.25) is 5.78 Å². The van der Waals surface area contributed by atoms with Crippen LogP contribution in [-0.4, -0.2) is 21.1 Å². The SMILES string of the molecule is CC(C)=CCC/C(C)=C/Cc1c(O)c(CC=C(C)C)c(O)c(C(=O)c2ccccc2)c1O. The highest BCUT2D eigenvalue weighted by Gasteiger charge is 2.27. The number of hydrogen-bond donors (Lipinski definition) is 3. The van der Waals surface area contributed by atoms with Crippen molar-refractivity contribution >= 4 is 5.78 Å². The third-order valence-electron chi connectivity index (χ3n) is 5.34. The van der Waals surface area contributed by atoms with Crippen LogP contribution in [0.2, 0.25) is 0 Å². The Bertz CT molecular complexity index is 1050. The Labute approximate surface area is 191 Å². The summed E-state index contributed by atoms with van der Waals surface area (Å²) in [4.78, 5) is 13.1. The lowest BCUT2D eigenvalue weighted by Crippen LogP contribution is -2.06. The van der Waals surface area contributed by atoms with Crippen molar-refractivity contribution < 1.29 is 20.1 Å². The molecule has 4 nitrogen and oxygen atoms in total. The van der Waals surface area contributed by atoms with Gasteiger partial charge in [0.05, 0.1) is 0 Å². The van der Waals surface area contributed by atoms with Crippen LogP contribution in [0, 0.1) is 0 Å². The molecule has 0 radical (unpaired) electrons. The first kappa shape index (κ1) is 25.0. The number of ketones is 1. The minimum Gasteiger partial charge on any atom is -0.507 e. The summed E-state index contributed by atoms with van der Waals surface area (Å²) in [5.41, 5.74) is 4.09. The minimum absolute atomic E-state index is 0.170. The maximum absolute atomic E-state index is 13.1. The highest BCUT2D eigenvalue weighted by Crippen LogP contribution is 2.44. The number of aromatic hydroxyl groups is 3. The minimum atomic E-state index is -0.482. The molecule has 0 atom stereocenters. The Morgan fingerprint density at radius 1 is 0.750 bits per heavy atom. The van der Waals surface area contributed by atoms with Crippen LogP contribution in [0.25, 0.3) is 0 Å². The van der Waals surface area contributed by atoms with E-state index in [9.17, 15) is 20.1 Å². The fourth-order valence-corrected chi connectivity index (χ4v) is 3.43. The molecular formula is C28H34O4. The average molecular weight is 435 g/mol. The van der Waals surface area contributed by atoms with E-state index in [0.29, 0.717) is 5.56 Å². The molecular weight excluding hydrogens is 400 g/mol. The summed E-state index contributed by atoms with van der Waals surface area (Å²) >= 11 is 0. The summed E-state index contributed by atoms with van der Waals surface area (Å²) in [6.07, 6.45) is 8.29. The van der Waals surface area contributed by atoms with Crippen molar-refractivity contribution in [2.24, 2.45) is 0 Å². The number of carbonyl (C=O) groups excluding carboxylic acids is 1. The molecule has 0 fully saturated rings. The summed E-state index contributed by atoms with van der Waals surface area (Å²) < 4.78 is 0. The van der Waals surface area contributed by atoms with Gasteiger partial charge in [0.1, 0.15) is 22.8 Å². The topological polar surface area (TPSA) is 77.8 Å². The molecule has 0 heterocycles. The highest BCUT2D eigenvalue weighted by molar-refractivity contribution is 6.13. The lowest BCUT2D eigenvalue weighted by Gasteiger charge is -2.17. The molecule has 3 N–H and O–H groups in total. The van der Waals surface area contributed by atoms with Crippen molar-refractivity contribution in [2.45, 2.75) is 60.3 Å². The second-order valence-electron chi connectivity index (χ2n) is 8.63. The largest absolute Gasteiger partial charge is 0.507 e. The molecule has 0 bridgehead atoms. The standard InChI is InChI=1S/C28H34O4/c1-18(2)10-9-11-20(5)15-17-23-26(30)22(16-14-19(3)4)27(31)24(28(23)32)25(29)21-12-7-6-8-13-21/h6-8,10,12-15,30-32H,9,11,16-17H2,1-5H3/b20-15+. The first-order valence-electron chi connectivity index (χ1n) is 10.9. The zero-order valence-electron chi connectivity index (χ0n) is 19.7. The number of rotatable bonds is 9. The Morgan fingerprint density at radius 2 is 1.28 bits per heavy atom. The number of benzene rings is 2. The van der Waals surface area contributed by atoms with Gasteiger partial charge in [-0.2, -0.15) is 0 Å². The predicted octanol–water partition coefficient (Wildman–Crippen LogP) is 6.78. The van der Waals surface area contributed by atoms with Gasteiger partial charge in [0, 0.05) is 16.7 Å². The fourth-order valence-electron chi connectivity index (χ4n) is 3.43. The molecule has 2 aromatic carbocycles. The van der Waals surface area contributed by atoms with E-state index in [0.717, 1.165) is 24.0 Å². The van der Waals surface area contributed by atoms with Gasteiger partial charge in [-0.15, -0.1) is 0 Å². The molecule has 0 aromatic heterocycles. The second kappa shape index (κ2) is 11.4. The van der Waals surface area contributed by atoms with E-state index in [2.05, 4.69) is 19.9 Å². The van der Waals surface area contributed by atoms with Crippen LogP contribution in [0.15, 0.2) is 65.3 Å². The van der Waals surface area contributed by atoms with Gasteiger partial charge in [0.15, 0.2) is 0 Å².